The van der Waals surface area contributed by atoms with Gasteiger partial charge in [-0.15, -0.1) is 0 Å². The Kier molecular flexibility index (Phi) is 3.05. The van der Waals surface area contributed by atoms with Gasteiger partial charge in [0.1, 0.15) is 5.82 Å². The summed E-state index contributed by atoms with van der Waals surface area (Å²) < 4.78 is 5.17. The number of pyridine rings is 1. The predicted molar refractivity (Wildman–Crippen MR) is 61.4 cm³/mol. The molecule has 0 amide bonds. The zero-order valence-electron chi connectivity index (χ0n) is 9.32. The van der Waals surface area contributed by atoms with E-state index in [0.717, 1.165) is 17.1 Å². The molecule has 0 spiro atoms. The number of hydrogen-bond acceptors (Lipinski definition) is 4. The van der Waals surface area contributed by atoms with Crippen LogP contribution in [0.4, 0.5) is 5.69 Å². The fourth-order valence-electron chi connectivity index (χ4n) is 1.42. The van der Waals surface area contributed by atoms with Crippen molar-refractivity contribution < 1.29 is 4.74 Å². The number of aromatic amines is 1. The summed E-state index contributed by atoms with van der Waals surface area (Å²) >= 11 is 0. The van der Waals surface area contributed by atoms with Gasteiger partial charge in [0.05, 0.1) is 19.3 Å². The number of imidazole rings is 1. The minimum Gasteiger partial charge on any atom is -0.480 e. The number of rotatable bonds is 4. The Hall–Kier alpha value is -2.04. The van der Waals surface area contributed by atoms with Crippen molar-refractivity contribution in [2.45, 2.75) is 13.5 Å². The molecule has 0 atom stereocenters. The van der Waals surface area contributed by atoms with Crippen LogP contribution in [0.3, 0.4) is 0 Å². The van der Waals surface area contributed by atoms with Crippen LogP contribution in [0.15, 0.2) is 24.7 Å². The van der Waals surface area contributed by atoms with E-state index in [2.05, 4.69) is 20.3 Å². The number of nitrogens with zero attached hydrogens (tertiary/aromatic N) is 2. The van der Waals surface area contributed by atoms with Crippen LogP contribution in [-0.4, -0.2) is 22.1 Å². The van der Waals surface area contributed by atoms with Gasteiger partial charge in [0.25, 0.3) is 0 Å². The summed E-state index contributed by atoms with van der Waals surface area (Å²) in [6.45, 7) is 2.61. The summed E-state index contributed by atoms with van der Waals surface area (Å²) in [6, 6.07) is 1.99. The first-order valence-corrected chi connectivity index (χ1v) is 5.02. The molecule has 2 rings (SSSR count). The molecule has 0 aliphatic rings. The standard InChI is InChI=1S/C11H14N4O/c1-8-5-9(11(16-2)15-6-8)14-7-10-12-3-4-13-10/h3-6,14H,7H2,1-2H3,(H,12,13). The van der Waals surface area contributed by atoms with Crippen LogP contribution in [0.5, 0.6) is 5.88 Å². The van der Waals surface area contributed by atoms with E-state index in [0.29, 0.717) is 12.4 Å². The molecular formula is C11H14N4O. The summed E-state index contributed by atoms with van der Waals surface area (Å²) in [7, 11) is 1.61. The van der Waals surface area contributed by atoms with E-state index in [1.165, 1.54) is 0 Å². The molecular weight excluding hydrogens is 204 g/mol. The topological polar surface area (TPSA) is 62.8 Å². The van der Waals surface area contributed by atoms with E-state index in [4.69, 9.17) is 4.74 Å². The first kappa shape index (κ1) is 10.5. The van der Waals surface area contributed by atoms with E-state index in [1.807, 2.05) is 13.0 Å². The second-order valence-corrected chi connectivity index (χ2v) is 3.46. The molecule has 0 aromatic carbocycles. The van der Waals surface area contributed by atoms with Crippen molar-refractivity contribution >= 4 is 5.69 Å². The molecule has 5 heteroatoms. The second kappa shape index (κ2) is 4.65. The maximum Gasteiger partial charge on any atom is 0.237 e. The average Bonchev–Trinajstić information content (AvgIpc) is 2.79. The summed E-state index contributed by atoms with van der Waals surface area (Å²) in [6.07, 6.45) is 5.29. The number of aryl methyl sites for hydroxylation is 1. The van der Waals surface area contributed by atoms with Crippen molar-refractivity contribution in [3.8, 4) is 5.88 Å². The Morgan fingerprint density at radius 1 is 1.44 bits per heavy atom. The van der Waals surface area contributed by atoms with Crippen LogP contribution in [0.25, 0.3) is 0 Å². The molecule has 0 saturated carbocycles. The summed E-state index contributed by atoms with van der Waals surface area (Å²) in [5.41, 5.74) is 1.96. The van der Waals surface area contributed by atoms with E-state index in [1.54, 1.807) is 25.7 Å². The highest BCUT2D eigenvalue weighted by atomic mass is 16.5. The average molecular weight is 218 g/mol. The lowest BCUT2D eigenvalue weighted by Gasteiger charge is -2.09. The lowest BCUT2D eigenvalue weighted by molar-refractivity contribution is 0.399. The SMILES string of the molecule is COc1ncc(C)cc1NCc1ncc[nH]1. The van der Waals surface area contributed by atoms with Crippen molar-refractivity contribution in [2.24, 2.45) is 0 Å². The first-order valence-electron chi connectivity index (χ1n) is 5.02. The molecule has 2 heterocycles. The number of H-pyrrole nitrogens is 1. The molecule has 2 aromatic rings. The number of nitrogens with one attached hydrogen (secondary N) is 2. The van der Waals surface area contributed by atoms with Gasteiger partial charge < -0.3 is 15.0 Å². The van der Waals surface area contributed by atoms with Gasteiger partial charge in [-0.05, 0) is 18.6 Å². The Bertz CT molecular complexity index is 453. The van der Waals surface area contributed by atoms with E-state index in [-0.39, 0.29) is 0 Å². The molecule has 0 unspecified atom stereocenters. The Morgan fingerprint density at radius 3 is 3.00 bits per heavy atom. The van der Waals surface area contributed by atoms with Gasteiger partial charge in [-0.25, -0.2) is 9.97 Å². The largest absolute Gasteiger partial charge is 0.480 e. The lowest BCUT2D eigenvalue weighted by Crippen LogP contribution is -2.04. The van der Waals surface area contributed by atoms with Crippen LogP contribution in [0, 0.1) is 6.92 Å². The Labute approximate surface area is 93.9 Å². The van der Waals surface area contributed by atoms with E-state index in [9.17, 15) is 0 Å². The molecule has 0 aliphatic carbocycles. The number of ether oxygens (including phenoxy) is 1. The van der Waals surface area contributed by atoms with Gasteiger partial charge in [-0.3, -0.25) is 0 Å². The van der Waals surface area contributed by atoms with E-state index >= 15 is 0 Å². The lowest BCUT2D eigenvalue weighted by atomic mass is 10.3. The van der Waals surface area contributed by atoms with Gasteiger partial charge in [-0.2, -0.15) is 0 Å². The molecule has 2 aromatic heterocycles. The van der Waals surface area contributed by atoms with Gasteiger partial charge in [0.2, 0.25) is 5.88 Å². The number of methoxy groups -OCH3 is 1. The Morgan fingerprint density at radius 2 is 2.31 bits per heavy atom. The molecule has 84 valence electrons. The predicted octanol–water partition coefficient (Wildman–Crippen LogP) is 1.73. The zero-order valence-corrected chi connectivity index (χ0v) is 9.32. The highest BCUT2D eigenvalue weighted by Crippen LogP contribution is 2.22. The monoisotopic (exact) mass is 218 g/mol. The summed E-state index contributed by atoms with van der Waals surface area (Å²) in [5.74, 6) is 1.47. The summed E-state index contributed by atoms with van der Waals surface area (Å²) in [5, 5.41) is 3.23. The maximum absolute atomic E-state index is 5.17. The molecule has 2 N–H and O–H groups in total. The molecule has 0 saturated heterocycles. The van der Waals surface area contributed by atoms with Gasteiger partial charge in [0.15, 0.2) is 0 Å². The van der Waals surface area contributed by atoms with E-state index < -0.39 is 0 Å². The molecule has 0 aliphatic heterocycles. The van der Waals surface area contributed by atoms with Crippen molar-refractivity contribution in [2.75, 3.05) is 12.4 Å². The van der Waals surface area contributed by atoms with Crippen LogP contribution in [0.1, 0.15) is 11.4 Å². The molecule has 5 nitrogen and oxygen atoms in total. The third-order valence-electron chi connectivity index (χ3n) is 2.18. The maximum atomic E-state index is 5.17. The van der Waals surface area contributed by atoms with Gasteiger partial charge in [0, 0.05) is 18.6 Å². The van der Waals surface area contributed by atoms with Crippen LogP contribution in [-0.2, 0) is 6.54 Å². The molecule has 0 fully saturated rings. The quantitative estimate of drug-likeness (QED) is 0.820. The number of hydrogen-bond donors (Lipinski definition) is 2. The third kappa shape index (κ3) is 2.31. The van der Waals surface area contributed by atoms with Crippen molar-refractivity contribution in [1.29, 1.82) is 0 Å². The minimum atomic E-state index is 0.595. The first-order chi connectivity index (χ1) is 7.79. The highest BCUT2D eigenvalue weighted by Gasteiger charge is 2.04. The Balaban J connectivity index is 2.11. The summed E-state index contributed by atoms with van der Waals surface area (Å²) in [4.78, 5) is 11.3. The fourth-order valence-corrected chi connectivity index (χ4v) is 1.42. The highest BCUT2D eigenvalue weighted by molar-refractivity contribution is 5.53. The minimum absolute atomic E-state index is 0.595. The molecule has 16 heavy (non-hydrogen) atoms. The smallest absolute Gasteiger partial charge is 0.237 e. The van der Waals surface area contributed by atoms with Crippen LogP contribution in [0.2, 0.25) is 0 Å². The van der Waals surface area contributed by atoms with Gasteiger partial charge in [-0.1, -0.05) is 0 Å². The van der Waals surface area contributed by atoms with Gasteiger partial charge >= 0.3 is 0 Å². The number of anilines is 1. The van der Waals surface area contributed by atoms with Crippen LogP contribution < -0.4 is 10.1 Å². The van der Waals surface area contributed by atoms with Crippen molar-refractivity contribution in [1.82, 2.24) is 15.0 Å². The fraction of sp³-hybridized carbons (Fsp3) is 0.273. The molecule has 0 radical (unpaired) electrons. The second-order valence-electron chi connectivity index (χ2n) is 3.46. The van der Waals surface area contributed by atoms with Crippen molar-refractivity contribution in [3.63, 3.8) is 0 Å². The van der Waals surface area contributed by atoms with Crippen LogP contribution >= 0.6 is 0 Å². The van der Waals surface area contributed by atoms with Crippen molar-refractivity contribution in [3.05, 3.63) is 36.0 Å². The molecule has 0 bridgehead atoms. The third-order valence-corrected chi connectivity index (χ3v) is 2.18. The number of aromatic nitrogens is 3. The zero-order chi connectivity index (χ0) is 11.4. The normalized spacial score (nSPS) is 10.1.